The van der Waals surface area contributed by atoms with Gasteiger partial charge in [-0.25, -0.2) is 13.4 Å². The van der Waals surface area contributed by atoms with E-state index in [1.54, 1.807) is 19.1 Å². The minimum atomic E-state index is -3.33. The number of hydrogen-bond acceptors (Lipinski definition) is 4. The Kier molecular flexibility index (Phi) is 6.87. The van der Waals surface area contributed by atoms with Crippen LogP contribution in [-0.4, -0.2) is 29.6 Å². The largest absolute Gasteiger partial charge is 0.369 e. The van der Waals surface area contributed by atoms with Gasteiger partial charge < -0.3 is 10.3 Å². The van der Waals surface area contributed by atoms with Crippen LogP contribution in [0.5, 0.6) is 0 Å². The Bertz CT molecular complexity index is 1710. The molecule has 38 heavy (non-hydrogen) atoms. The third-order valence-electron chi connectivity index (χ3n) is 6.83. The first-order chi connectivity index (χ1) is 18.3. The molecule has 5 aromatic rings. The minimum absolute atomic E-state index is 0.0155. The molecule has 4 aromatic carbocycles. The summed E-state index contributed by atoms with van der Waals surface area (Å²) in [5.74, 6) is -0.351. The summed E-state index contributed by atoms with van der Waals surface area (Å²) in [5, 5.41) is 0. The Balaban J connectivity index is 1.53. The number of rotatable bonds is 8. The Morgan fingerprint density at radius 2 is 1.53 bits per heavy atom. The van der Waals surface area contributed by atoms with Gasteiger partial charge in [0.1, 0.15) is 5.82 Å². The van der Waals surface area contributed by atoms with Crippen LogP contribution in [0.15, 0.2) is 102 Å². The molecule has 0 aliphatic rings. The van der Waals surface area contributed by atoms with Gasteiger partial charge in [0, 0.05) is 12.1 Å². The molecule has 0 radical (unpaired) electrons. The normalized spacial score (nSPS) is 12.5. The van der Waals surface area contributed by atoms with Gasteiger partial charge >= 0.3 is 0 Å². The van der Waals surface area contributed by atoms with Gasteiger partial charge in [-0.3, -0.25) is 4.79 Å². The predicted octanol–water partition coefficient (Wildman–Crippen LogP) is 5.47. The van der Waals surface area contributed by atoms with Crippen molar-refractivity contribution in [3.8, 4) is 11.4 Å². The zero-order chi connectivity index (χ0) is 26.9. The van der Waals surface area contributed by atoms with Crippen LogP contribution < -0.4 is 5.73 Å². The first kappa shape index (κ1) is 25.4. The predicted molar refractivity (Wildman–Crippen MR) is 151 cm³/mol. The summed E-state index contributed by atoms with van der Waals surface area (Å²) >= 11 is 0. The molecule has 0 aliphatic heterocycles. The summed E-state index contributed by atoms with van der Waals surface area (Å²) in [7, 11) is -3.33. The number of hydrogen-bond donors (Lipinski definition) is 1. The highest BCUT2D eigenvalue weighted by atomic mass is 32.2. The molecule has 2 N–H and O–H groups in total. The van der Waals surface area contributed by atoms with E-state index >= 15 is 0 Å². The summed E-state index contributed by atoms with van der Waals surface area (Å²) in [4.78, 5) is 17.7. The van der Waals surface area contributed by atoms with E-state index in [2.05, 4.69) is 35.8 Å². The number of fused-ring (bicyclic) bond motifs is 1. The van der Waals surface area contributed by atoms with Gasteiger partial charge in [0.2, 0.25) is 5.91 Å². The summed E-state index contributed by atoms with van der Waals surface area (Å²) in [6.07, 6.45) is 0. The summed E-state index contributed by atoms with van der Waals surface area (Å²) < 4.78 is 26.6. The van der Waals surface area contributed by atoms with Crippen molar-refractivity contribution in [3.05, 3.63) is 119 Å². The number of sulfone groups is 1. The fraction of sp³-hybridized carbons (Fsp3) is 0.161. The van der Waals surface area contributed by atoms with Crippen molar-refractivity contribution in [1.29, 1.82) is 0 Å². The number of carbonyl (C=O) groups excluding carboxylic acids is 1. The molecule has 5 rings (SSSR count). The van der Waals surface area contributed by atoms with E-state index in [0.29, 0.717) is 12.1 Å². The summed E-state index contributed by atoms with van der Waals surface area (Å²) in [6, 6.07) is 30.6. The number of aryl methyl sites for hydroxylation is 1. The van der Waals surface area contributed by atoms with Crippen LogP contribution in [-0.2, 0) is 21.2 Å². The highest BCUT2D eigenvalue weighted by Crippen LogP contribution is 2.30. The van der Waals surface area contributed by atoms with Crippen LogP contribution in [0.2, 0.25) is 0 Å². The minimum Gasteiger partial charge on any atom is -0.369 e. The van der Waals surface area contributed by atoms with E-state index in [0.717, 1.165) is 33.5 Å². The average Bonchev–Trinajstić information content (AvgIpc) is 3.27. The number of carbonyl (C=O) groups is 1. The van der Waals surface area contributed by atoms with Crippen molar-refractivity contribution in [2.45, 2.75) is 31.2 Å². The topological polar surface area (TPSA) is 95.0 Å². The maximum atomic E-state index is 12.5. The molecule has 1 atom stereocenters. The molecule has 0 spiro atoms. The maximum absolute atomic E-state index is 12.5. The molecule has 0 saturated carbocycles. The number of imidazole rings is 1. The van der Waals surface area contributed by atoms with Gasteiger partial charge in [0.05, 0.1) is 27.6 Å². The summed E-state index contributed by atoms with van der Waals surface area (Å²) in [5.41, 5.74) is 12.4. The zero-order valence-electron chi connectivity index (χ0n) is 21.3. The maximum Gasteiger partial charge on any atom is 0.229 e. The fourth-order valence-corrected chi connectivity index (χ4v) is 5.64. The summed E-state index contributed by atoms with van der Waals surface area (Å²) in [6.45, 7) is 4.35. The second-order valence-corrected chi connectivity index (χ2v) is 11.7. The van der Waals surface area contributed by atoms with Crippen LogP contribution in [0.1, 0.15) is 35.1 Å². The molecule has 192 valence electrons. The zero-order valence-corrected chi connectivity index (χ0v) is 22.2. The number of benzene rings is 4. The lowest BCUT2D eigenvalue weighted by Gasteiger charge is -2.16. The lowest BCUT2D eigenvalue weighted by molar-refractivity contribution is -0.118. The molecule has 7 heteroatoms. The second kappa shape index (κ2) is 10.3. The van der Waals surface area contributed by atoms with Crippen LogP contribution in [0.25, 0.3) is 22.4 Å². The van der Waals surface area contributed by atoms with Crippen molar-refractivity contribution in [1.82, 2.24) is 9.55 Å². The van der Waals surface area contributed by atoms with Gasteiger partial charge in [-0.2, -0.15) is 0 Å². The molecule has 0 aliphatic carbocycles. The number of primary amides is 1. The first-order valence-electron chi connectivity index (χ1n) is 12.5. The number of nitrogens with zero attached hydrogens (tertiary/aromatic N) is 2. The lowest BCUT2D eigenvalue weighted by Crippen LogP contribution is -2.22. The SMILES string of the molecule is CCS(=O)(=O)c1ccc(C(C(N)=O)c2ccc(-c3nc4ccc(C)cc4n3Cc3ccccc3)cc2)cc1. The van der Waals surface area contributed by atoms with E-state index < -0.39 is 21.7 Å². The number of aromatic nitrogens is 2. The molecular weight excluding hydrogens is 494 g/mol. The monoisotopic (exact) mass is 523 g/mol. The first-order valence-corrected chi connectivity index (χ1v) is 14.1. The Morgan fingerprint density at radius 1 is 0.895 bits per heavy atom. The van der Waals surface area contributed by atoms with Gasteiger partial charge in [0.15, 0.2) is 9.84 Å². The second-order valence-electron chi connectivity index (χ2n) is 9.43. The molecule has 0 fully saturated rings. The highest BCUT2D eigenvalue weighted by Gasteiger charge is 2.22. The quantitative estimate of drug-likeness (QED) is 0.292. The Hall–Kier alpha value is -4.23. The van der Waals surface area contributed by atoms with Crippen molar-refractivity contribution < 1.29 is 13.2 Å². The smallest absolute Gasteiger partial charge is 0.229 e. The van der Waals surface area contributed by atoms with Crippen LogP contribution in [0.4, 0.5) is 0 Å². The van der Waals surface area contributed by atoms with Crippen LogP contribution in [0, 0.1) is 6.92 Å². The van der Waals surface area contributed by atoms with Gasteiger partial charge in [-0.15, -0.1) is 0 Å². The van der Waals surface area contributed by atoms with Crippen molar-refractivity contribution in [2.75, 3.05) is 5.75 Å². The van der Waals surface area contributed by atoms with Gasteiger partial charge in [-0.05, 0) is 53.4 Å². The molecular formula is C31H29N3O3S. The van der Waals surface area contributed by atoms with E-state index in [9.17, 15) is 13.2 Å². The van der Waals surface area contributed by atoms with Crippen LogP contribution >= 0.6 is 0 Å². The lowest BCUT2D eigenvalue weighted by atomic mass is 9.90. The van der Waals surface area contributed by atoms with Gasteiger partial charge in [-0.1, -0.05) is 79.7 Å². The highest BCUT2D eigenvalue weighted by molar-refractivity contribution is 7.91. The molecule has 0 saturated heterocycles. The van der Waals surface area contributed by atoms with Crippen molar-refractivity contribution in [2.24, 2.45) is 5.73 Å². The number of amides is 1. The molecule has 1 heterocycles. The molecule has 6 nitrogen and oxygen atoms in total. The van der Waals surface area contributed by atoms with E-state index in [4.69, 9.17) is 10.7 Å². The van der Waals surface area contributed by atoms with Crippen molar-refractivity contribution >= 4 is 26.8 Å². The molecule has 1 unspecified atom stereocenters. The fourth-order valence-electron chi connectivity index (χ4n) is 4.76. The third-order valence-corrected chi connectivity index (χ3v) is 8.58. The van der Waals surface area contributed by atoms with Gasteiger partial charge in [0.25, 0.3) is 0 Å². The van der Waals surface area contributed by atoms with Crippen molar-refractivity contribution in [3.63, 3.8) is 0 Å². The molecule has 1 amide bonds. The van der Waals surface area contributed by atoms with Crippen LogP contribution in [0.3, 0.4) is 0 Å². The molecule has 0 bridgehead atoms. The third kappa shape index (κ3) is 4.97. The van der Waals surface area contributed by atoms with E-state index in [1.165, 1.54) is 17.7 Å². The molecule has 1 aromatic heterocycles. The van der Waals surface area contributed by atoms with E-state index in [-0.39, 0.29) is 10.6 Å². The average molecular weight is 524 g/mol. The van der Waals surface area contributed by atoms with E-state index in [1.807, 2.05) is 48.5 Å². The number of nitrogens with two attached hydrogens (primary N) is 1. The Labute approximate surface area is 222 Å². The Morgan fingerprint density at radius 3 is 2.13 bits per heavy atom. The standard InChI is InChI=1S/C31H29N3O3S/c1-3-38(36,37)26-16-14-24(15-17-26)29(30(32)35)23-10-12-25(13-11-23)31-33-27-18-9-21(2)19-28(27)34(31)20-22-7-5-4-6-8-22/h4-19,29H,3,20H2,1-2H3,(H2,32,35).